The third-order valence-electron chi connectivity index (χ3n) is 2.87. The fourth-order valence-electron chi connectivity index (χ4n) is 1.86. The summed E-state index contributed by atoms with van der Waals surface area (Å²) < 4.78 is 1.36. The highest BCUT2D eigenvalue weighted by molar-refractivity contribution is 5.78. The summed E-state index contributed by atoms with van der Waals surface area (Å²) in [7, 11) is 0. The predicted molar refractivity (Wildman–Crippen MR) is 72.9 cm³/mol. The fourth-order valence-corrected chi connectivity index (χ4v) is 1.86. The molecule has 0 bridgehead atoms. The summed E-state index contributed by atoms with van der Waals surface area (Å²) in [5.41, 5.74) is 2.72. The van der Waals surface area contributed by atoms with E-state index in [-0.39, 0.29) is 18.9 Å². The second-order valence-electron chi connectivity index (χ2n) is 4.25. The van der Waals surface area contributed by atoms with Crippen molar-refractivity contribution in [1.82, 2.24) is 15.0 Å². The van der Waals surface area contributed by atoms with Gasteiger partial charge in [-0.25, -0.2) is 10.6 Å². The molecule has 20 heavy (non-hydrogen) atoms. The third kappa shape index (κ3) is 3.21. The van der Waals surface area contributed by atoms with Crippen molar-refractivity contribution in [3.63, 3.8) is 0 Å². The maximum absolute atomic E-state index is 11.6. The van der Waals surface area contributed by atoms with Gasteiger partial charge in [-0.3, -0.25) is 24.6 Å². The SMILES string of the molecule is NNC(=O)Cc1ccccc1Cn1ccc(=O)[nH]c1=O. The maximum Gasteiger partial charge on any atom is 0.328 e. The molecular weight excluding hydrogens is 260 g/mol. The van der Waals surface area contributed by atoms with Gasteiger partial charge in [0.1, 0.15) is 0 Å². The molecule has 0 fully saturated rings. The monoisotopic (exact) mass is 274 g/mol. The Morgan fingerprint density at radius 2 is 1.90 bits per heavy atom. The van der Waals surface area contributed by atoms with E-state index in [1.807, 2.05) is 12.1 Å². The highest BCUT2D eigenvalue weighted by Gasteiger charge is 2.07. The molecule has 0 saturated carbocycles. The van der Waals surface area contributed by atoms with Gasteiger partial charge in [0.05, 0.1) is 13.0 Å². The zero-order valence-electron chi connectivity index (χ0n) is 10.6. The topological polar surface area (TPSA) is 110 Å². The van der Waals surface area contributed by atoms with Crippen molar-refractivity contribution >= 4 is 5.91 Å². The molecule has 0 atom stereocenters. The molecule has 7 nitrogen and oxygen atoms in total. The maximum atomic E-state index is 11.6. The Labute approximate surface area is 114 Å². The van der Waals surface area contributed by atoms with E-state index in [1.165, 1.54) is 16.8 Å². The van der Waals surface area contributed by atoms with E-state index in [9.17, 15) is 14.4 Å². The van der Waals surface area contributed by atoms with E-state index in [0.717, 1.165) is 11.1 Å². The fraction of sp³-hybridized carbons (Fsp3) is 0.154. The Bertz CT molecular complexity index is 733. The van der Waals surface area contributed by atoms with Crippen molar-refractivity contribution < 1.29 is 4.79 Å². The van der Waals surface area contributed by atoms with E-state index in [4.69, 9.17) is 5.84 Å². The van der Waals surface area contributed by atoms with E-state index in [1.54, 1.807) is 12.1 Å². The van der Waals surface area contributed by atoms with Gasteiger partial charge in [0.15, 0.2) is 0 Å². The smallest absolute Gasteiger partial charge is 0.296 e. The molecule has 0 saturated heterocycles. The Morgan fingerprint density at radius 1 is 1.20 bits per heavy atom. The average molecular weight is 274 g/mol. The van der Waals surface area contributed by atoms with Crippen LogP contribution in [0.4, 0.5) is 0 Å². The highest BCUT2D eigenvalue weighted by Crippen LogP contribution is 2.10. The summed E-state index contributed by atoms with van der Waals surface area (Å²) in [6.07, 6.45) is 1.55. The lowest BCUT2D eigenvalue weighted by molar-refractivity contribution is -0.120. The first kappa shape index (κ1) is 13.8. The number of H-pyrrole nitrogens is 1. The number of aromatic nitrogens is 2. The first-order chi connectivity index (χ1) is 9.60. The lowest BCUT2D eigenvalue weighted by Gasteiger charge is -2.10. The number of carbonyl (C=O) groups excluding carboxylic acids is 1. The molecule has 4 N–H and O–H groups in total. The zero-order valence-corrected chi connectivity index (χ0v) is 10.6. The number of benzene rings is 1. The number of carbonyl (C=O) groups is 1. The Balaban J connectivity index is 2.31. The highest BCUT2D eigenvalue weighted by atomic mass is 16.2. The molecule has 0 aliphatic carbocycles. The van der Waals surface area contributed by atoms with Crippen molar-refractivity contribution in [1.29, 1.82) is 0 Å². The molecular formula is C13H14N4O3. The molecule has 0 aliphatic rings. The van der Waals surface area contributed by atoms with Crippen LogP contribution in [0.15, 0.2) is 46.1 Å². The number of hydrogen-bond acceptors (Lipinski definition) is 4. The van der Waals surface area contributed by atoms with Gasteiger partial charge in [-0.15, -0.1) is 0 Å². The number of hydrogen-bond donors (Lipinski definition) is 3. The van der Waals surface area contributed by atoms with Gasteiger partial charge in [0.2, 0.25) is 5.91 Å². The molecule has 1 heterocycles. The number of nitrogens with two attached hydrogens (primary N) is 1. The molecule has 0 aliphatic heterocycles. The first-order valence-corrected chi connectivity index (χ1v) is 5.96. The second kappa shape index (κ2) is 5.98. The van der Waals surface area contributed by atoms with Crippen LogP contribution in [0.3, 0.4) is 0 Å². The van der Waals surface area contributed by atoms with E-state index >= 15 is 0 Å². The number of rotatable bonds is 4. The summed E-state index contributed by atoms with van der Waals surface area (Å²) in [5, 5.41) is 0. The van der Waals surface area contributed by atoms with Crippen LogP contribution in [-0.4, -0.2) is 15.5 Å². The summed E-state index contributed by atoms with van der Waals surface area (Å²) in [4.78, 5) is 36.2. The van der Waals surface area contributed by atoms with Crippen LogP contribution in [-0.2, 0) is 17.8 Å². The summed E-state index contributed by atoms with van der Waals surface area (Å²) >= 11 is 0. The molecule has 0 unspecified atom stereocenters. The van der Waals surface area contributed by atoms with Crippen LogP contribution >= 0.6 is 0 Å². The number of amides is 1. The Morgan fingerprint density at radius 3 is 2.55 bits per heavy atom. The van der Waals surface area contributed by atoms with Crippen LogP contribution in [0.2, 0.25) is 0 Å². The van der Waals surface area contributed by atoms with Crippen LogP contribution in [0.1, 0.15) is 11.1 Å². The average Bonchev–Trinajstić information content (AvgIpc) is 2.43. The van der Waals surface area contributed by atoms with Gasteiger partial charge in [-0.1, -0.05) is 24.3 Å². The standard InChI is InChI=1S/C13H14N4O3/c14-16-12(19)7-9-3-1-2-4-10(9)8-17-6-5-11(18)15-13(17)20/h1-6H,7-8,14H2,(H,16,19)(H,15,18,20). The Hall–Kier alpha value is -2.67. The molecule has 104 valence electrons. The number of nitrogens with one attached hydrogen (secondary N) is 2. The van der Waals surface area contributed by atoms with E-state index in [2.05, 4.69) is 10.4 Å². The van der Waals surface area contributed by atoms with Crippen LogP contribution in [0, 0.1) is 0 Å². The van der Waals surface area contributed by atoms with E-state index < -0.39 is 11.2 Å². The van der Waals surface area contributed by atoms with Crippen LogP contribution in [0.5, 0.6) is 0 Å². The third-order valence-corrected chi connectivity index (χ3v) is 2.87. The van der Waals surface area contributed by atoms with Crippen molar-refractivity contribution in [3.8, 4) is 0 Å². The van der Waals surface area contributed by atoms with Gasteiger partial charge >= 0.3 is 5.69 Å². The van der Waals surface area contributed by atoms with Gasteiger partial charge in [0.25, 0.3) is 5.56 Å². The van der Waals surface area contributed by atoms with Crippen molar-refractivity contribution in [3.05, 3.63) is 68.5 Å². The van der Waals surface area contributed by atoms with Crippen molar-refractivity contribution in [2.24, 2.45) is 5.84 Å². The van der Waals surface area contributed by atoms with Gasteiger partial charge in [-0.05, 0) is 11.1 Å². The Kier molecular flexibility index (Phi) is 4.11. The van der Waals surface area contributed by atoms with Gasteiger partial charge in [-0.2, -0.15) is 0 Å². The van der Waals surface area contributed by atoms with Gasteiger partial charge in [0, 0.05) is 12.3 Å². The number of aromatic amines is 1. The van der Waals surface area contributed by atoms with Crippen LogP contribution < -0.4 is 22.5 Å². The molecule has 1 amide bonds. The largest absolute Gasteiger partial charge is 0.328 e. The van der Waals surface area contributed by atoms with Crippen LogP contribution in [0.25, 0.3) is 0 Å². The summed E-state index contributed by atoms with van der Waals surface area (Å²) in [6, 6.07) is 8.50. The molecule has 1 aromatic carbocycles. The molecule has 2 rings (SSSR count). The predicted octanol–water partition coefficient (Wildman–Crippen LogP) is -0.883. The lowest BCUT2D eigenvalue weighted by Crippen LogP contribution is -2.32. The number of hydrazine groups is 1. The summed E-state index contributed by atoms with van der Waals surface area (Å²) in [5.74, 6) is 4.76. The van der Waals surface area contributed by atoms with Gasteiger partial charge < -0.3 is 0 Å². The second-order valence-corrected chi connectivity index (χ2v) is 4.25. The summed E-state index contributed by atoms with van der Waals surface area (Å²) in [6.45, 7) is 0.267. The molecule has 0 spiro atoms. The molecule has 2 aromatic rings. The quantitative estimate of drug-likeness (QED) is 0.382. The van der Waals surface area contributed by atoms with Crippen molar-refractivity contribution in [2.75, 3.05) is 0 Å². The normalized spacial score (nSPS) is 10.2. The first-order valence-electron chi connectivity index (χ1n) is 5.96. The minimum absolute atomic E-state index is 0.130. The lowest BCUT2D eigenvalue weighted by atomic mass is 10.0. The number of nitrogens with zero attached hydrogens (tertiary/aromatic N) is 1. The van der Waals surface area contributed by atoms with E-state index in [0.29, 0.717) is 0 Å². The van der Waals surface area contributed by atoms with Crippen molar-refractivity contribution in [2.45, 2.75) is 13.0 Å². The minimum Gasteiger partial charge on any atom is -0.296 e. The molecule has 7 heteroatoms. The molecule has 1 aromatic heterocycles. The zero-order chi connectivity index (χ0) is 14.5. The molecule has 0 radical (unpaired) electrons. The minimum atomic E-state index is -0.490.